The number of hydrogen-bond donors (Lipinski definition) is 2. The van der Waals surface area contributed by atoms with Crippen molar-refractivity contribution in [2.75, 3.05) is 24.7 Å². The number of methoxy groups -OCH3 is 1. The number of ether oxygens (including phenoxy) is 1. The molecule has 0 aliphatic carbocycles. The van der Waals surface area contributed by atoms with E-state index in [1.54, 1.807) is 18.9 Å². The molecule has 0 spiro atoms. The lowest BCUT2D eigenvalue weighted by molar-refractivity contribution is -0.115. The highest BCUT2D eigenvalue weighted by Gasteiger charge is 2.12. The van der Waals surface area contributed by atoms with Gasteiger partial charge in [-0.05, 0) is 31.2 Å². The van der Waals surface area contributed by atoms with Crippen LogP contribution in [0.1, 0.15) is 6.92 Å². The molecule has 0 heterocycles. The maximum Gasteiger partial charge on any atom is 0.237 e. The standard InChI is InChI=1S/C12H18N2O2S/c1-9(17-8-7-13)12(15)14-10-3-5-11(16-2)6-4-10/h3-6,9H,7-8,13H2,1-2H3,(H,14,15). The smallest absolute Gasteiger partial charge is 0.237 e. The van der Waals surface area contributed by atoms with Gasteiger partial charge in [0.1, 0.15) is 5.75 Å². The van der Waals surface area contributed by atoms with Gasteiger partial charge in [0.25, 0.3) is 0 Å². The van der Waals surface area contributed by atoms with Gasteiger partial charge in [-0.1, -0.05) is 0 Å². The first-order chi connectivity index (χ1) is 8.17. The molecule has 0 aliphatic rings. The van der Waals surface area contributed by atoms with Crippen molar-refractivity contribution in [2.45, 2.75) is 12.2 Å². The van der Waals surface area contributed by atoms with Crippen LogP contribution in [0.5, 0.6) is 5.75 Å². The van der Waals surface area contributed by atoms with Crippen LogP contribution >= 0.6 is 11.8 Å². The predicted octanol–water partition coefficient (Wildman–Crippen LogP) is 1.71. The Morgan fingerprint density at radius 1 is 1.47 bits per heavy atom. The lowest BCUT2D eigenvalue weighted by atomic mass is 10.3. The number of carbonyl (C=O) groups is 1. The third-order valence-electron chi connectivity index (χ3n) is 2.21. The van der Waals surface area contributed by atoms with Crippen LogP contribution in [0, 0.1) is 0 Å². The van der Waals surface area contributed by atoms with Gasteiger partial charge in [-0.25, -0.2) is 0 Å². The second-order valence-corrected chi connectivity index (χ2v) is 4.97. The Labute approximate surface area is 106 Å². The third-order valence-corrected chi connectivity index (χ3v) is 3.40. The van der Waals surface area contributed by atoms with E-state index in [-0.39, 0.29) is 11.2 Å². The van der Waals surface area contributed by atoms with Gasteiger partial charge in [-0.15, -0.1) is 11.8 Å². The molecule has 1 unspecified atom stereocenters. The minimum Gasteiger partial charge on any atom is -0.497 e. The second-order valence-electron chi connectivity index (χ2n) is 3.52. The van der Waals surface area contributed by atoms with Gasteiger partial charge in [-0.3, -0.25) is 4.79 Å². The Bertz CT molecular complexity index is 354. The van der Waals surface area contributed by atoms with E-state index in [2.05, 4.69) is 5.32 Å². The van der Waals surface area contributed by atoms with E-state index in [0.29, 0.717) is 6.54 Å². The second kappa shape index (κ2) is 7.19. The van der Waals surface area contributed by atoms with Crippen molar-refractivity contribution < 1.29 is 9.53 Å². The Balaban J connectivity index is 2.49. The first-order valence-electron chi connectivity index (χ1n) is 5.44. The number of anilines is 1. The third kappa shape index (κ3) is 4.66. The fraction of sp³-hybridized carbons (Fsp3) is 0.417. The summed E-state index contributed by atoms with van der Waals surface area (Å²) in [5, 5.41) is 2.75. The van der Waals surface area contributed by atoms with Crippen LogP contribution in [0.2, 0.25) is 0 Å². The summed E-state index contributed by atoms with van der Waals surface area (Å²) >= 11 is 1.55. The van der Waals surface area contributed by atoms with Crippen LogP contribution in [-0.4, -0.2) is 30.6 Å². The Kier molecular flexibility index (Phi) is 5.86. The van der Waals surface area contributed by atoms with Gasteiger partial charge in [0.05, 0.1) is 12.4 Å². The summed E-state index contributed by atoms with van der Waals surface area (Å²) in [5.41, 5.74) is 6.17. The topological polar surface area (TPSA) is 64.3 Å². The van der Waals surface area contributed by atoms with Crippen LogP contribution in [-0.2, 0) is 4.79 Å². The van der Waals surface area contributed by atoms with E-state index in [1.807, 2.05) is 31.2 Å². The van der Waals surface area contributed by atoms with Crippen molar-refractivity contribution in [2.24, 2.45) is 5.73 Å². The number of benzene rings is 1. The van der Waals surface area contributed by atoms with Gasteiger partial charge in [0.2, 0.25) is 5.91 Å². The zero-order chi connectivity index (χ0) is 12.7. The van der Waals surface area contributed by atoms with Crippen molar-refractivity contribution in [1.29, 1.82) is 0 Å². The molecule has 94 valence electrons. The Morgan fingerprint density at radius 3 is 2.65 bits per heavy atom. The number of nitrogens with two attached hydrogens (primary N) is 1. The van der Waals surface area contributed by atoms with E-state index < -0.39 is 0 Å². The Hall–Kier alpha value is -1.20. The molecule has 1 amide bonds. The molecule has 0 radical (unpaired) electrons. The maximum absolute atomic E-state index is 11.8. The van der Waals surface area contributed by atoms with E-state index in [0.717, 1.165) is 17.2 Å². The molecule has 3 N–H and O–H groups in total. The molecule has 0 saturated carbocycles. The van der Waals surface area contributed by atoms with Gasteiger partial charge in [-0.2, -0.15) is 0 Å². The van der Waals surface area contributed by atoms with Crippen molar-refractivity contribution in [3.05, 3.63) is 24.3 Å². The van der Waals surface area contributed by atoms with Crippen LogP contribution in [0.25, 0.3) is 0 Å². The molecule has 5 heteroatoms. The van der Waals surface area contributed by atoms with E-state index >= 15 is 0 Å². The van der Waals surface area contributed by atoms with Gasteiger partial charge in [0.15, 0.2) is 0 Å². The van der Waals surface area contributed by atoms with E-state index in [1.165, 1.54) is 0 Å². The summed E-state index contributed by atoms with van der Waals surface area (Å²) in [6.07, 6.45) is 0. The number of hydrogen-bond acceptors (Lipinski definition) is 4. The first kappa shape index (κ1) is 13.9. The molecule has 0 aliphatic heterocycles. The zero-order valence-electron chi connectivity index (χ0n) is 10.1. The monoisotopic (exact) mass is 254 g/mol. The normalized spacial score (nSPS) is 11.9. The molecular weight excluding hydrogens is 236 g/mol. The zero-order valence-corrected chi connectivity index (χ0v) is 10.9. The summed E-state index contributed by atoms with van der Waals surface area (Å²) in [5.74, 6) is 1.55. The molecule has 1 aromatic carbocycles. The highest BCUT2D eigenvalue weighted by molar-refractivity contribution is 8.00. The molecule has 1 aromatic rings. The highest BCUT2D eigenvalue weighted by Crippen LogP contribution is 2.17. The van der Waals surface area contributed by atoms with Crippen molar-refractivity contribution in [3.8, 4) is 5.75 Å². The lowest BCUT2D eigenvalue weighted by Gasteiger charge is -2.11. The quantitative estimate of drug-likeness (QED) is 0.811. The highest BCUT2D eigenvalue weighted by atomic mass is 32.2. The molecule has 0 aromatic heterocycles. The van der Waals surface area contributed by atoms with Gasteiger partial charge < -0.3 is 15.8 Å². The number of thioether (sulfide) groups is 1. The fourth-order valence-electron chi connectivity index (χ4n) is 1.24. The molecule has 0 fully saturated rings. The molecular formula is C12H18N2O2S. The van der Waals surface area contributed by atoms with Crippen molar-refractivity contribution in [1.82, 2.24) is 0 Å². The molecule has 0 saturated heterocycles. The Morgan fingerprint density at radius 2 is 2.12 bits per heavy atom. The van der Waals surface area contributed by atoms with E-state index in [9.17, 15) is 4.79 Å². The van der Waals surface area contributed by atoms with Gasteiger partial charge >= 0.3 is 0 Å². The van der Waals surface area contributed by atoms with E-state index in [4.69, 9.17) is 10.5 Å². The van der Waals surface area contributed by atoms with Crippen LogP contribution < -0.4 is 15.8 Å². The summed E-state index contributed by atoms with van der Waals surface area (Å²) in [7, 11) is 1.61. The predicted molar refractivity (Wildman–Crippen MR) is 72.6 cm³/mol. The van der Waals surface area contributed by atoms with Crippen LogP contribution in [0.15, 0.2) is 24.3 Å². The summed E-state index contributed by atoms with van der Waals surface area (Å²) in [4.78, 5) is 11.8. The minimum atomic E-state index is -0.0966. The van der Waals surface area contributed by atoms with Crippen molar-refractivity contribution >= 4 is 23.4 Å². The molecule has 1 atom stereocenters. The van der Waals surface area contributed by atoms with Crippen LogP contribution in [0.3, 0.4) is 0 Å². The van der Waals surface area contributed by atoms with Crippen LogP contribution in [0.4, 0.5) is 5.69 Å². The SMILES string of the molecule is COc1ccc(NC(=O)C(C)SCCN)cc1. The number of amides is 1. The average molecular weight is 254 g/mol. The number of carbonyl (C=O) groups excluding carboxylic acids is 1. The lowest BCUT2D eigenvalue weighted by Crippen LogP contribution is -2.23. The fourth-order valence-corrected chi connectivity index (χ4v) is 1.94. The molecule has 1 rings (SSSR count). The summed E-state index contributed by atoms with van der Waals surface area (Å²) in [6, 6.07) is 7.26. The molecule has 17 heavy (non-hydrogen) atoms. The summed E-state index contributed by atoms with van der Waals surface area (Å²) in [6.45, 7) is 2.46. The van der Waals surface area contributed by atoms with Gasteiger partial charge in [0, 0.05) is 18.0 Å². The summed E-state index contributed by atoms with van der Waals surface area (Å²) < 4.78 is 5.04. The first-order valence-corrected chi connectivity index (χ1v) is 6.49. The number of rotatable bonds is 6. The molecule has 0 bridgehead atoms. The average Bonchev–Trinajstić information content (AvgIpc) is 2.36. The largest absolute Gasteiger partial charge is 0.497 e. The maximum atomic E-state index is 11.8. The minimum absolute atomic E-state index is 0.00591. The number of nitrogens with one attached hydrogen (secondary N) is 1. The van der Waals surface area contributed by atoms with Crippen molar-refractivity contribution in [3.63, 3.8) is 0 Å². The molecule has 4 nitrogen and oxygen atoms in total.